The van der Waals surface area contributed by atoms with Gasteiger partial charge < -0.3 is 20.5 Å². The molecule has 2 N–H and O–H groups in total. The van der Waals surface area contributed by atoms with Gasteiger partial charge in [-0.15, -0.1) is 0 Å². The third-order valence-corrected chi connectivity index (χ3v) is 6.18. The average molecular weight is 446 g/mol. The molecule has 4 rings (SSSR count). The molecule has 1 atom stereocenters. The summed E-state index contributed by atoms with van der Waals surface area (Å²) in [5.41, 5.74) is 3.48. The van der Waals surface area contributed by atoms with Crippen molar-refractivity contribution in [1.29, 1.82) is 5.41 Å². The van der Waals surface area contributed by atoms with E-state index in [0.717, 1.165) is 22.0 Å². The van der Waals surface area contributed by atoms with E-state index in [-0.39, 0.29) is 18.0 Å². The van der Waals surface area contributed by atoms with Crippen LogP contribution in [0, 0.1) is 5.41 Å². The number of hydrogen-bond acceptors (Lipinski definition) is 7. The number of fused-ring (bicyclic) bond motifs is 2. The minimum absolute atomic E-state index is 0.0564. The van der Waals surface area contributed by atoms with Gasteiger partial charge in [0.15, 0.2) is 5.82 Å². The van der Waals surface area contributed by atoms with Gasteiger partial charge in [0.2, 0.25) is 0 Å². The van der Waals surface area contributed by atoms with E-state index in [0.29, 0.717) is 42.6 Å². The van der Waals surface area contributed by atoms with Crippen LogP contribution in [0.4, 0.5) is 5.82 Å². The molecule has 0 bridgehead atoms. The Morgan fingerprint density at radius 3 is 2.70 bits per heavy atom. The molecule has 172 valence electrons. The fourth-order valence-electron chi connectivity index (χ4n) is 3.86. The summed E-state index contributed by atoms with van der Waals surface area (Å²) < 4.78 is 0. The summed E-state index contributed by atoms with van der Waals surface area (Å²) in [6, 6.07) is 10.3. The van der Waals surface area contributed by atoms with Crippen molar-refractivity contribution in [1.82, 2.24) is 24.8 Å². The van der Waals surface area contributed by atoms with E-state index < -0.39 is 0 Å². The summed E-state index contributed by atoms with van der Waals surface area (Å²) in [6.07, 6.45) is 2.35. The molecule has 1 aliphatic rings. The van der Waals surface area contributed by atoms with E-state index in [1.54, 1.807) is 4.90 Å². The molecule has 0 radical (unpaired) electrons. The van der Waals surface area contributed by atoms with Crippen molar-refractivity contribution < 1.29 is 4.79 Å². The first-order valence-electron chi connectivity index (χ1n) is 11.3. The zero-order valence-corrected chi connectivity index (χ0v) is 19.9. The fourth-order valence-corrected chi connectivity index (χ4v) is 3.86. The number of anilines is 1. The number of carbonyl (C=O) groups is 1. The molecule has 0 saturated heterocycles. The maximum absolute atomic E-state index is 13.0. The summed E-state index contributed by atoms with van der Waals surface area (Å²) >= 11 is 0. The number of pyridine rings is 1. The van der Waals surface area contributed by atoms with E-state index in [2.05, 4.69) is 33.2 Å². The second-order valence-electron chi connectivity index (χ2n) is 9.13. The van der Waals surface area contributed by atoms with E-state index in [9.17, 15) is 4.79 Å². The molecule has 1 aliphatic heterocycles. The highest BCUT2D eigenvalue weighted by Gasteiger charge is 2.34. The van der Waals surface area contributed by atoms with Gasteiger partial charge in [-0.05, 0) is 52.6 Å². The Morgan fingerprint density at radius 1 is 1.21 bits per heavy atom. The lowest BCUT2D eigenvalue weighted by Gasteiger charge is -2.20. The number of hydrogen-bond donors (Lipinski definition) is 2. The van der Waals surface area contributed by atoms with E-state index in [4.69, 9.17) is 10.4 Å². The first kappa shape index (κ1) is 22.8. The van der Waals surface area contributed by atoms with Crippen molar-refractivity contribution in [3.63, 3.8) is 0 Å². The van der Waals surface area contributed by atoms with E-state index in [1.807, 2.05) is 58.4 Å². The Hall–Kier alpha value is -3.39. The summed E-state index contributed by atoms with van der Waals surface area (Å²) in [4.78, 5) is 30.7. The second kappa shape index (κ2) is 9.23. The molecule has 1 aromatic carbocycles. The normalized spacial score (nSPS) is 14.3. The highest BCUT2D eigenvalue weighted by atomic mass is 16.2. The monoisotopic (exact) mass is 445 g/mol. The molecule has 3 aromatic rings. The van der Waals surface area contributed by atoms with E-state index in [1.165, 1.54) is 0 Å². The van der Waals surface area contributed by atoms with Crippen molar-refractivity contribution in [2.24, 2.45) is 0 Å². The standard InChI is InChI=1S/C25H31N7O/c1-15(2)32-14-19-22(25(32)33)29-24(20(26)10-16(3)31(4)5)30-23(19)28-13-17-11-18-8-6-7-9-21(18)27-12-17/h6-9,11-12,15-16,26H,10,13-14H2,1-5H3,(H,28,29,30). The summed E-state index contributed by atoms with van der Waals surface area (Å²) in [5.74, 6) is 0.815. The largest absolute Gasteiger partial charge is 0.366 e. The van der Waals surface area contributed by atoms with Gasteiger partial charge in [-0.2, -0.15) is 0 Å². The number of nitrogens with zero attached hydrogens (tertiary/aromatic N) is 5. The predicted octanol–water partition coefficient (Wildman–Crippen LogP) is 3.71. The molecule has 1 amide bonds. The minimum atomic E-state index is -0.104. The first-order chi connectivity index (χ1) is 15.7. The predicted molar refractivity (Wildman–Crippen MR) is 131 cm³/mol. The molecule has 0 spiro atoms. The van der Waals surface area contributed by atoms with Gasteiger partial charge in [-0.3, -0.25) is 9.78 Å². The topological polar surface area (TPSA) is 98.1 Å². The van der Waals surface area contributed by atoms with Crippen LogP contribution >= 0.6 is 0 Å². The van der Waals surface area contributed by atoms with Crippen LogP contribution in [0.15, 0.2) is 36.5 Å². The third kappa shape index (κ3) is 4.71. The molecule has 0 aliphatic carbocycles. The molecule has 8 heteroatoms. The third-order valence-electron chi connectivity index (χ3n) is 6.18. The molecule has 0 fully saturated rings. The van der Waals surface area contributed by atoms with Crippen LogP contribution in [0.5, 0.6) is 0 Å². The van der Waals surface area contributed by atoms with Gasteiger partial charge in [0.1, 0.15) is 11.5 Å². The lowest BCUT2D eigenvalue weighted by Crippen LogP contribution is -2.31. The Morgan fingerprint density at radius 2 is 1.97 bits per heavy atom. The summed E-state index contributed by atoms with van der Waals surface area (Å²) in [5, 5.41) is 13.1. The number of benzene rings is 1. The Balaban J connectivity index is 1.65. The first-order valence-corrected chi connectivity index (χ1v) is 11.3. The quantitative estimate of drug-likeness (QED) is 0.513. The maximum atomic E-state index is 13.0. The smallest absolute Gasteiger partial charge is 0.273 e. The van der Waals surface area contributed by atoms with Crippen LogP contribution in [-0.4, -0.2) is 62.5 Å². The fraction of sp³-hybridized carbons (Fsp3) is 0.400. The van der Waals surface area contributed by atoms with Gasteiger partial charge in [0, 0.05) is 42.2 Å². The number of para-hydroxylation sites is 1. The summed E-state index contributed by atoms with van der Waals surface area (Å²) in [7, 11) is 3.96. The number of rotatable bonds is 8. The van der Waals surface area contributed by atoms with Crippen LogP contribution in [0.2, 0.25) is 0 Å². The number of aromatic nitrogens is 3. The molecule has 0 saturated carbocycles. The van der Waals surface area contributed by atoms with Gasteiger partial charge >= 0.3 is 0 Å². The molecule has 1 unspecified atom stereocenters. The number of amides is 1. The Bertz CT molecular complexity index is 1200. The molecule has 8 nitrogen and oxygen atoms in total. The minimum Gasteiger partial charge on any atom is -0.366 e. The number of carbonyl (C=O) groups excluding carboxylic acids is 1. The molecule has 2 aromatic heterocycles. The van der Waals surface area contributed by atoms with Crippen LogP contribution in [-0.2, 0) is 13.1 Å². The molecule has 3 heterocycles. The second-order valence-corrected chi connectivity index (χ2v) is 9.13. The zero-order valence-electron chi connectivity index (χ0n) is 19.9. The van der Waals surface area contributed by atoms with Crippen LogP contribution in [0.25, 0.3) is 10.9 Å². The van der Waals surface area contributed by atoms with Crippen molar-refractivity contribution >= 4 is 28.3 Å². The maximum Gasteiger partial charge on any atom is 0.273 e. The SMILES string of the molecule is CC(CC(=N)c1nc(NCc2cnc3ccccc3c2)c2c(n1)C(=O)N(C(C)C)C2)N(C)C. The van der Waals surface area contributed by atoms with Crippen LogP contribution in [0.3, 0.4) is 0 Å². The average Bonchev–Trinajstić information content (AvgIpc) is 3.14. The lowest BCUT2D eigenvalue weighted by molar-refractivity contribution is 0.0726. The molecular formula is C25H31N7O. The molecular weight excluding hydrogens is 414 g/mol. The van der Waals surface area contributed by atoms with Crippen molar-refractivity contribution in [3.8, 4) is 0 Å². The lowest BCUT2D eigenvalue weighted by atomic mass is 10.1. The van der Waals surface area contributed by atoms with Gasteiger partial charge in [-0.1, -0.05) is 18.2 Å². The highest BCUT2D eigenvalue weighted by molar-refractivity contribution is 6.01. The van der Waals surface area contributed by atoms with Gasteiger partial charge in [0.25, 0.3) is 5.91 Å². The molecule has 33 heavy (non-hydrogen) atoms. The Labute approximate surface area is 194 Å². The highest BCUT2D eigenvalue weighted by Crippen LogP contribution is 2.29. The number of nitrogens with one attached hydrogen (secondary N) is 2. The van der Waals surface area contributed by atoms with Crippen LogP contribution in [0.1, 0.15) is 54.6 Å². The van der Waals surface area contributed by atoms with Crippen molar-refractivity contribution in [2.45, 2.75) is 52.4 Å². The van der Waals surface area contributed by atoms with Crippen LogP contribution < -0.4 is 5.32 Å². The van der Waals surface area contributed by atoms with Gasteiger partial charge in [-0.25, -0.2) is 9.97 Å². The Kier molecular flexibility index (Phi) is 6.37. The van der Waals surface area contributed by atoms with E-state index >= 15 is 0 Å². The zero-order chi connectivity index (χ0) is 23.7. The van der Waals surface area contributed by atoms with Crippen molar-refractivity contribution in [3.05, 3.63) is 59.2 Å². The van der Waals surface area contributed by atoms with Crippen molar-refractivity contribution in [2.75, 3.05) is 19.4 Å². The van der Waals surface area contributed by atoms with Gasteiger partial charge in [0.05, 0.1) is 17.8 Å². The summed E-state index contributed by atoms with van der Waals surface area (Å²) in [6.45, 7) is 7.02.